The average molecular weight is 257 g/mol. The topological polar surface area (TPSA) is 90.9 Å². The van der Waals surface area contributed by atoms with Crippen LogP contribution in [0.15, 0.2) is 0 Å². The molecule has 1 saturated heterocycles. The number of rotatable bonds is 2. The number of nitrogens with one attached hydrogen (secondary N) is 1. The number of ether oxygens (including phenoxy) is 3. The summed E-state index contributed by atoms with van der Waals surface area (Å²) in [6, 6.07) is 0. The van der Waals surface area contributed by atoms with Crippen molar-refractivity contribution in [3.63, 3.8) is 0 Å². The first-order chi connectivity index (χ1) is 8.60. The van der Waals surface area contributed by atoms with Gasteiger partial charge < -0.3 is 14.2 Å². The quantitative estimate of drug-likeness (QED) is 0.741. The van der Waals surface area contributed by atoms with Crippen LogP contribution in [0.25, 0.3) is 0 Å². The second kappa shape index (κ2) is 5.24. The summed E-state index contributed by atoms with van der Waals surface area (Å²) < 4.78 is 14.8. The minimum absolute atomic E-state index is 0.245. The van der Waals surface area contributed by atoms with Gasteiger partial charge in [0.2, 0.25) is 5.91 Å². The van der Waals surface area contributed by atoms with Gasteiger partial charge in [0.05, 0.1) is 12.5 Å². The molecule has 2 rings (SSSR count). The Balaban J connectivity index is 1.91. The fourth-order valence-electron chi connectivity index (χ4n) is 2.28. The molecule has 0 radical (unpaired) electrons. The molecule has 0 bridgehead atoms. The molecule has 1 heterocycles. The minimum Gasteiger partial charge on any atom is -0.445 e. The molecule has 100 valence electrons. The van der Waals surface area contributed by atoms with Crippen molar-refractivity contribution in [3.05, 3.63) is 0 Å². The SMILES string of the molecule is CCOC(=O)OC1CCC2C(=O)NC(=O)OC2C1. The third-order valence-corrected chi connectivity index (χ3v) is 3.09. The van der Waals surface area contributed by atoms with Crippen molar-refractivity contribution in [3.8, 4) is 0 Å². The van der Waals surface area contributed by atoms with Crippen LogP contribution in [0.4, 0.5) is 9.59 Å². The van der Waals surface area contributed by atoms with E-state index in [0.29, 0.717) is 19.3 Å². The molecule has 2 fully saturated rings. The molecule has 2 aliphatic rings. The number of carbonyl (C=O) groups excluding carboxylic acids is 3. The first-order valence-electron chi connectivity index (χ1n) is 5.95. The first kappa shape index (κ1) is 12.7. The second-order valence-electron chi connectivity index (χ2n) is 4.28. The van der Waals surface area contributed by atoms with Crippen LogP contribution in [-0.2, 0) is 19.0 Å². The van der Waals surface area contributed by atoms with Gasteiger partial charge in [-0.15, -0.1) is 0 Å². The number of fused-ring (bicyclic) bond motifs is 1. The zero-order valence-corrected chi connectivity index (χ0v) is 10.0. The lowest BCUT2D eigenvalue weighted by molar-refractivity contribution is -0.136. The number of imide groups is 1. The molecule has 3 unspecified atom stereocenters. The highest BCUT2D eigenvalue weighted by molar-refractivity contribution is 5.95. The monoisotopic (exact) mass is 257 g/mol. The van der Waals surface area contributed by atoms with Gasteiger partial charge in [0.15, 0.2) is 0 Å². The normalized spacial score (nSPS) is 30.8. The Morgan fingerprint density at radius 1 is 1.44 bits per heavy atom. The van der Waals surface area contributed by atoms with E-state index in [1.165, 1.54) is 0 Å². The van der Waals surface area contributed by atoms with Crippen molar-refractivity contribution >= 4 is 18.2 Å². The number of carbonyl (C=O) groups is 3. The Bertz CT molecular complexity index is 369. The second-order valence-corrected chi connectivity index (χ2v) is 4.28. The highest BCUT2D eigenvalue weighted by Crippen LogP contribution is 2.31. The van der Waals surface area contributed by atoms with E-state index in [9.17, 15) is 14.4 Å². The van der Waals surface area contributed by atoms with E-state index in [0.717, 1.165) is 0 Å². The van der Waals surface area contributed by atoms with Crippen LogP contribution >= 0.6 is 0 Å². The Morgan fingerprint density at radius 3 is 2.94 bits per heavy atom. The molecule has 3 atom stereocenters. The highest BCUT2D eigenvalue weighted by Gasteiger charge is 2.42. The van der Waals surface area contributed by atoms with Crippen LogP contribution in [0.3, 0.4) is 0 Å². The smallest absolute Gasteiger partial charge is 0.445 e. The largest absolute Gasteiger partial charge is 0.508 e. The molecule has 1 aliphatic carbocycles. The summed E-state index contributed by atoms with van der Waals surface area (Å²) in [5.74, 6) is -0.657. The van der Waals surface area contributed by atoms with Gasteiger partial charge >= 0.3 is 12.2 Å². The fourth-order valence-corrected chi connectivity index (χ4v) is 2.28. The molecule has 2 amide bonds. The van der Waals surface area contributed by atoms with Gasteiger partial charge in [-0.2, -0.15) is 0 Å². The van der Waals surface area contributed by atoms with E-state index in [1.54, 1.807) is 6.92 Å². The average Bonchev–Trinajstić information content (AvgIpc) is 2.28. The van der Waals surface area contributed by atoms with E-state index >= 15 is 0 Å². The van der Waals surface area contributed by atoms with Crippen LogP contribution < -0.4 is 5.32 Å². The summed E-state index contributed by atoms with van der Waals surface area (Å²) in [7, 11) is 0. The standard InChI is InChI=1S/C11H15NO6/c1-2-16-11(15)17-6-3-4-7-8(5-6)18-10(14)12-9(7)13/h6-8H,2-5H2,1H3,(H,12,13,14). The van der Waals surface area contributed by atoms with Gasteiger partial charge in [-0.05, 0) is 19.8 Å². The molecule has 1 aliphatic heterocycles. The van der Waals surface area contributed by atoms with Gasteiger partial charge in [-0.1, -0.05) is 0 Å². The van der Waals surface area contributed by atoms with Gasteiger partial charge in [-0.3, -0.25) is 10.1 Å². The molecule has 1 saturated carbocycles. The van der Waals surface area contributed by atoms with Gasteiger partial charge in [-0.25, -0.2) is 9.59 Å². The Morgan fingerprint density at radius 2 is 2.22 bits per heavy atom. The van der Waals surface area contributed by atoms with Crippen LogP contribution in [0.2, 0.25) is 0 Å². The van der Waals surface area contributed by atoms with Gasteiger partial charge in [0.1, 0.15) is 12.2 Å². The third-order valence-electron chi connectivity index (χ3n) is 3.09. The summed E-state index contributed by atoms with van der Waals surface area (Å²) in [6.07, 6.45) is -0.935. The van der Waals surface area contributed by atoms with E-state index in [4.69, 9.17) is 9.47 Å². The van der Waals surface area contributed by atoms with Crippen LogP contribution in [0, 0.1) is 5.92 Å². The Kier molecular flexibility index (Phi) is 3.69. The third kappa shape index (κ3) is 2.72. The van der Waals surface area contributed by atoms with Crippen molar-refractivity contribution < 1.29 is 28.6 Å². The van der Waals surface area contributed by atoms with E-state index in [2.05, 4.69) is 10.1 Å². The molecule has 0 aromatic heterocycles. The number of hydrogen-bond acceptors (Lipinski definition) is 6. The predicted molar refractivity (Wildman–Crippen MR) is 57.6 cm³/mol. The summed E-state index contributed by atoms with van der Waals surface area (Å²) >= 11 is 0. The minimum atomic E-state index is -0.738. The number of hydrogen-bond donors (Lipinski definition) is 1. The number of alkyl carbamates (subject to hydrolysis) is 1. The first-order valence-corrected chi connectivity index (χ1v) is 5.95. The number of amides is 2. The molecule has 7 nitrogen and oxygen atoms in total. The highest BCUT2D eigenvalue weighted by atomic mass is 16.7. The van der Waals surface area contributed by atoms with E-state index in [-0.39, 0.29) is 24.5 Å². The molecule has 0 spiro atoms. The summed E-state index contributed by atoms with van der Waals surface area (Å²) in [5.41, 5.74) is 0. The van der Waals surface area contributed by atoms with Crippen LogP contribution in [0.1, 0.15) is 26.2 Å². The summed E-state index contributed by atoms with van der Waals surface area (Å²) in [4.78, 5) is 33.8. The van der Waals surface area contributed by atoms with Gasteiger partial charge in [0, 0.05) is 6.42 Å². The molecule has 0 aromatic rings. The Hall–Kier alpha value is -1.79. The maximum absolute atomic E-state index is 11.5. The maximum atomic E-state index is 11.5. The van der Waals surface area contributed by atoms with Gasteiger partial charge in [0.25, 0.3) is 0 Å². The van der Waals surface area contributed by atoms with Crippen molar-refractivity contribution in [2.45, 2.75) is 38.4 Å². The van der Waals surface area contributed by atoms with Crippen molar-refractivity contribution in [1.82, 2.24) is 5.32 Å². The molecular weight excluding hydrogens is 242 g/mol. The zero-order valence-electron chi connectivity index (χ0n) is 10.0. The van der Waals surface area contributed by atoms with E-state index < -0.39 is 18.4 Å². The summed E-state index contributed by atoms with van der Waals surface area (Å²) in [6.45, 7) is 1.93. The van der Waals surface area contributed by atoms with Crippen molar-refractivity contribution in [1.29, 1.82) is 0 Å². The maximum Gasteiger partial charge on any atom is 0.508 e. The van der Waals surface area contributed by atoms with Crippen molar-refractivity contribution in [2.24, 2.45) is 5.92 Å². The van der Waals surface area contributed by atoms with E-state index in [1.807, 2.05) is 0 Å². The lowest BCUT2D eigenvalue weighted by Crippen LogP contribution is -2.52. The molecule has 18 heavy (non-hydrogen) atoms. The fraction of sp³-hybridized carbons (Fsp3) is 0.727. The van der Waals surface area contributed by atoms with Crippen LogP contribution in [0.5, 0.6) is 0 Å². The molecule has 0 aromatic carbocycles. The van der Waals surface area contributed by atoms with Crippen LogP contribution in [-0.4, -0.2) is 37.0 Å². The Labute approximate surface area is 104 Å². The zero-order chi connectivity index (χ0) is 13.1. The molecule has 1 N–H and O–H groups in total. The molecular formula is C11H15NO6. The molecule has 7 heteroatoms. The lowest BCUT2D eigenvalue weighted by atomic mass is 9.83. The summed E-state index contributed by atoms with van der Waals surface area (Å²) in [5, 5.41) is 2.12. The van der Waals surface area contributed by atoms with Crippen molar-refractivity contribution in [2.75, 3.05) is 6.61 Å². The predicted octanol–water partition coefficient (Wildman–Crippen LogP) is 0.963. The lowest BCUT2D eigenvalue weighted by Gasteiger charge is -2.36.